The Morgan fingerprint density at radius 3 is 2.32 bits per heavy atom. The first-order valence-corrected chi connectivity index (χ1v) is 8.06. The molecule has 0 bridgehead atoms. The minimum atomic E-state index is -0.499. The van der Waals surface area contributed by atoms with Crippen LogP contribution in [0.1, 0.15) is 27.2 Å². The smallest absolute Gasteiger partial charge is 0.267 e. The maximum absolute atomic E-state index is 12.1. The second kappa shape index (κ2) is 10.8. The Kier molecular flexibility index (Phi) is 8.75. The third-order valence-corrected chi connectivity index (χ3v) is 2.99. The summed E-state index contributed by atoms with van der Waals surface area (Å²) in [5.74, 6) is -0.669. The molecule has 0 aromatic heterocycles. The third-order valence-electron chi connectivity index (χ3n) is 2.99. The SMILES string of the molecule is CC(=O)Nc1ccc(NC(=O)/C(C#N)=C\NCCCOC(C)C)cc1. The van der Waals surface area contributed by atoms with Crippen LogP contribution in [-0.4, -0.2) is 31.1 Å². The van der Waals surface area contributed by atoms with E-state index in [0.717, 1.165) is 6.42 Å². The van der Waals surface area contributed by atoms with Crippen molar-refractivity contribution in [1.82, 2.24) is 5.32 Å². The van der Waals surface area contributed by atoms with E-state index >= 15 is 0 Å². The summed E-state index contributed by atoms with van der Waals surface area (Å²) in [6.07, 6.45) is 2.36. The summed E-state index contributed by atoms with van der Waals surface area (Å²) < 4.78 is 5.40. The molecule has 134 valence electrons. The molecule has 1 aromatic carbocycles. The van der Waals surface area contributed by atoms with Crippen LogP contribution in [0.4, 0.5) is 11.4 Å². The molecule has 0 spiro atoms. The Balaban J connectivity index is 2.48. The van der Waals surface area contributed by atoms with Crippen LogP contribution >= 0.6 is 0 Å². The Bertz CT molecular complexity index is 645. The number of nitrogens with zero attached hydrogens (tertiary/aromatic N) is 1. The lowest BCUT2D eigenvalue weighted by Gasteiger charge is -2.08. The number of rotatable bonds is 9. The van der Waals surface area contributed by atoms with Gasteiger partial charge in [-0.1, -0.05) is 0 Å². The highest BCUT2D eigenvalue weighted by molar-refractivity contribution is 6.06. The number of anilines is 2. The summed E-state index contributed by atoms with van der Waals surface area (Å²) in [4.78, 5) is 23.0. The van der Waals surface area contributed by atoms with Crippen LogP contribution in [0, 0.1) is 11.3 Å². The largest absolute Gasteiger partial charge is 0.390 e. The average Bonchev–Trinajstić information content (AvgIpc) is 2.55. The zero-order chi connectivity index (χ0) is 18.7. The van der Waals surface area contributed by atoms with Gasteiger partial charge in [-0.25, -0.2) is 0 Å². The van der Waals surface area contributed by atoms with E-state index in [9.17, 15) is 9.59 Å². The number of ether oxygens (including phenoxy) is 1. The molecule has 0 heterocycles. The van der Waals surface area contributed by atoms with E-state index in [0.29, 0.717) is 24.5 Å². The normalized spacial score (nSPS) is 10.9. The van der Waals surface area contributed by atoms with Crippen LogP contribution < -0.4 is 16.0 Å². The van der Waals surface area contributed by atoms with Gasteiger partial charge >= 0.3 is 0 Å². The number of nitrogens with one attached hydrogen (secondary N) is 3. The molecule has 7 nitrogen and oxygen atoms in total. The molecule has 0 saturated carbocycles. The van der Waals surface area contributed by atoms with Crippen molar-refractivity contribution in [2.45, 2.75) is 33.3 Å². The van der Waals surface area contributed by atoms with Gasteiger partial charge in [-0.15, -0.1) is 0 Å². The number of hydrogen-bond donors (Lipinski definition) is 3. The van der Waals surface area contributed by atoms with Gasteiger partial charge in [0, 0.05) is 37.7 Å². The average molecular weight is 344 g/mol. The van der Waals surface area contributed by atoms with Gasteiger partial charge in [0.05, 0.1) is 6.10 Å². The van der Waals surface area contributed by atoms with Crippen molar-refractivity contribution in [2.24, 2.45) is 0 Å². The lowest BCUT2D eigenvalue weighted by molar-refractivity contribution is -0.114. The molecular formula is C18H24N4O3. The number of carbonyl (C=O) groups is 2. The second-order valence-corrected chi connectivity index (χ2v) is 5.61. The van der Waals surface area contributed by atoms with E-state index in [-0.39, 0.29) is 17.6 Å². The van der Waals surface area contributed by atoms with Crippen molar-refractivity contribution in [3.05, 3.63) is 36.0 Å². The predicted molar refractivity (Wildman–Crippen MR) is 96.8 cm³/mol. The molecule has 0 unspecified atom stereocenters. The summed E-state index contributed by atoms with van der Waals surface area (Å²) >= 11 is 0. The first-order chi connectivity index (χ1) is 11.9. The summed E-state index contributed by atoms with van der Waals surface area (Å²) in [5, 5.41) is 17.3. The first kappa shape index (κ1) is 20.2. The molecule has 25 heavy (non-hydrogen) atoms. The van der Waals surface area contributed by atoms with Crippen molar-refractivity contribution in [3.63, 3.8) is 0 Å². The van der Waals surface area contributed by atoms with Crippen LogP contribution in [0.3, 0.4) is 0 Å². The van der Waals surface area contributed by atoms with Gasteiger partial charge in [0.15, 0.2) is 0 Å². The summed E-state index contributed by atoms with van der Waals surface area (Å²) in [6, 6.07) is 8.50. The van der Waals surface area contributed by atoms with Crippen molar-refractivity contribution < 1.29 is 14.3 Å². The van der Waals surface area contributed by atoms with Gasteiger partial charge in [-0.2, -0.15) is 5.26 Å². The summed E-state index contributed by atoms with van der Waals surface area (Å²) in [7, 11) is 0. The third kappa shape index (κ3) is 8.53. The van der Waals surface area contributed by atoms with Crippen LogP contribution in [0.15, 0.2) is 36.0 Å². The maximum Gasteiger partial charge on any atom is 0.267 e. The number of hydrogen-bond acceptors (Lipinski definition) is 5. The summed E-state index contributed by atoms with van der Waals surface area (Å²) in [5.41, 5.74) is 1.15. The number of nitriles is 1. The summed E-state index contributed by atoms with van der Waals surface area (Å²) in [6.45, 7) is 6.58. The molecule has 0 aliphatic heterocycles. The standard InChI is InChI=1S/C18H24N4O3/c1-13(2)25-10-4-9-20-12-15(11-19)18(24)22-17-7-5-16(6-8-17)21-14(3)23/h5-8,12-13,20H,4,9-10H2,1-3H3,(H,21,23)(H,22,24)/b15-12-. The maximum atomic E-state index is 12.1. The van der Waals surface area contributed by atoms with Crippen molar-refractivity contribution in [1.29, 1.82) is 5.26 Å². The van der Waals surface area contributed by atoms with Gasteiger partial charge < -0.3 is 20.7 Å². The van der Waals surface area contributed by atoms with Gasteiger partial charge in [0.25, 0.3) is 5.91 Å². The van der Waals surface area contributed by atoms with E-state index < -0.39 is 5.91 Å². The predicted octanol–water partition coefficient (Wildman–Crippen LogP) is 2.40. The van der Waals surface area contributed by atoms with Gasteiger partial charge in [0.2, 0.25) is 5.91 Å². The van der Waals surface area contributed by atoms with Crippen LogP contribution in [0.2, 0.25) is 0 Å². The van der Waals surface area contributed by atoms with Gasteiger partial charge in [-0.05, 0) is 44.5 Å². The lowest BCUT2D eigenvalue weighted by atomic mass is 10.2. The highest BCUT2D eigenvalue weighted by atomic mass is 16.5. The fraction of sp³-hybridized carbons (Fsp3) is 0.389. The van der Waals surface area contributed by atoms with E-state index in [1.807, 2.05) is 19.9 Å². The minimum absolute atomic E-state index is 0.0179. The fourth-order valence-corrected chi connectivity index (χ4v) is 1.85. The number of benzene rings is 1. The van der Waals surface area contributed by atoms with Crippen LogP contribution in [0.5, 0.6) is 0 Å². The number of carbonyl (C=O) groups excluding carboxylic acids is 2. The molecule has 3 N–H and O–H groups in total. The first-order valence-electron chi connectivity index (χ1n) is 8.06. The van der Waals surface area contributed by atoms with E-state index in [2.05, 4.69) is 16.0 Å². The quantitative estimate of drug-likeness (QED) is 0.362. The molecule has 1 aromatic rings. The highest BCUT2D eigenvalue weighted by Crippen LogP contribution is 2.14. The van der Waals surface area contributed by atoms with Crippen molar-refractivity contribution in [3.8, 4) is 6.07 Å². The molecule has 0 saturated heterocycles. The Labute approximate surface area is 148 Å². The number of amides is 2. The second-order valence-electron chi connectivity index (χ2n) is 5.61. The van der Waals surface area contributed by atoms with Crippen molar-refractivity contribution in [2.75, 3.05) is 23.8 Å². The van der Waals surface area contributed by atoms with E-state index in [1.165, 1.54) is 13.1 Å². The lowest BCUT2D eigenvalue weighted by Crippen LogP contribution is -2.18. The fourth-order valence-electron chi connectivity index (χ4n) is 1.85. The topological polar surface area (TPSA) is 103 Å². The molecule has 7 heteroatoms. The van der Waals surface area contributed by atoms with Crippen molar-refractivity contribution >= 4 is 23.2 Å². The molecule has 2 amide bonds. The monoisotopic (exact) mass is 344 g/mol. The molecule has 0 fully saturated rings. The minimum Gasteiger partial charge on any atom is -0.390 e. The zero-order valence-corrected chi connectivity index (χ0v) is 14.8. The van der Waals surface area contributed by atoms with Gasteiger partial charge in [-0.3, -0.25) is 9.59 Å². The zero-order valence-electron chi connectivity index (χ0n) is 14.8. The van der Waals surface area contributed by atoms with Crippen LogP contribution in [0.25, 0.3) is 0 Å². The molecular weight excluding hydrogens is 320 g/mol. The molecule has 0 radical (unpaired) electrons. The molecule has 0 aliphatic carbocycles. The Morgan fingerprint density at radius 2 is 1.80 bits per heavy atom. The highest BCUT2D eigenvalue weighted by Gasteiger charge is 2.09. The van der Waals surface area contributed by atoms with E-state index in [4.69, 9.17) is 10.00 Å². The molecule has 1 rings (SSSR count). The van der Waals surface area contributed by atoms with Crippen LogP contribution in [-0.2, 0) is 14.3 Å². The Morgan fingerprint density at radius 1 is 1.20 bits per heavy atom. The molecule has 0 aliphatic rings. The Hall–Kier alpha value is -2.85. The van der Waals surface area contributed by atoms with Gasteiger partial charge in [0.1, 0.15) is 11.6 Å². The van der Waals surface area contributed by atoms with E-state index in [1.54, 1.807) is 24.3 Å². The molecule has 0 atom stereocenters.